The third-order valence-corrected chi connectivity index (χ3v) is 0. The second-order valence-electron chi connectivity index (χ2n) is 0.448. The van der Waals surface area contributed by atoms with Crippen LogP contribution in [0.2, 0.25) is 0 Å². The van der Waals surface area contributed by atoms with Gasteiger partial charge in [-0.2, -0.15) is 8.42 Å². The molecule has 0 bridgehead atoms. The minimum atomic E-state index is -3.97. The van der Waals surface area contributed by atoms with E-state index in [1.807, 2.05) is 0 Å². The second kappa shape index (κ2) is 9.99. The molecule has 0 aromatic heterocycles. The first-order chi connectivity index (χ1) is 2.00. The fourth-order valence-corrected chi connectivity index (χ4v) is 0. The van der Waals surface area contributed by atoms with Gasteiger partial charge in [-0.15, -0.1) is 24.0 Å². The summed E-state index contributed by atoms with van der Waals surface area (Å²) in [5.74, 6) is 0. The van der Waals surface area contributed by atoms with Gasteiger partial charge >= 0.3 is 68.3 Å². The molecule has 1 N–H and O–H groups in total. The first-order valence-electron chi connectivity index (χ1n) is 0.698. The summed E-state index contributed by atoms with van der Waals surface area (Å²) in [7, 11) is -3.97. The molecule has 0 rings (SSSR count). The maximum absolute atomic E-state index is 9.05. The number of rotatable bonds is 0. The molecule has 0 spiro atoms. The number of halogens is 1. The van der Waals surface area contributed by atoms with Crippen LogP contribution >= 0.6 is 35.6 Å². The summed E-state index contributed by atoms with van der Waals surface area (Å²) in [6.45, 7) is 0. The summed E-state index contributed by atoms with van der Waals surface area (Å²) in [6.07, 6.45) is 0. The molecule has 0 heterocycles. The Bertz CT molecular complexity index is 98.5. The van der Waals surface area contributed by atoms with Gasteiger partial charge in [0.2, 0.25) is 0 Å². The molecular weight excluding hydrogens is 285 g/mol. The van der Waals surface area contributed by atoms with Crippen molar-refractivity contribution < 1.29 is 13.0 Å². The summed E-state index contributed by atoms with van der Waals surface area (Å²) in [6, 6.07) is 0. The van der Waals surface area contributed by atoms with Crippen LogP contribution in [0.25, 0.3) is 0 Å². The average Bonchev–Trinajstić information content (AvgIpc) is 0.722. The summed E-state index contributed by atoms with van der Waals surface area (Å²) in [5.41, 5.74) is 0. The van der Waals surface area contributed by atoms with Gasteiger partial charge in [-0.3, -0.25) is 4.55 Å². The fourth-order valence-electron chi connectivity index (χ4n) is 0. The molecule has 0 aromatic carbocycles. The normalized spacial score (nSPS) is 7.25. The van der Waals surface area contributed by atoms with Crippen LogP contribution in [-0.2, 0) is 9.15 Å². The van der Waals surface area contributed by atoms with Gasteiger partial charge in [-0.25, -0.2) is 0 Å². The van der Waals surface area contributed by atoms with Crippen molar-refractivity contribution in [2.45, 2.75) is 0 Å². The predicted octanol–water partition coefficient (Wildman–Crippen LogP) is -0.960. The first-order valence-corrected chi connectivity index (χ1v) is 3.19. The maximum atomic E-state index is 9.05. The van der Waals surface area contributed by atoms with Crippen molar-refractivity contribution in [1.29, 1.82) is 0 Å². The van der Waals surface area contributed by atoms with Crippen LogP contribution in [0.3, 0.4) is 0 Å². The molecule has 0 amide bonds. The average molecular weight is 290 g/mol. The van der Waals surface area contributed by atoms with E-state index in [0.29, 0.717) is 0 Å². The third-order valence-electron chi connectivity index (χ3n) is 0. The Morgan fingerprint density at radius 3 is 1.25 bits per heavy atom. The van der Waals surface area contributed by atoms with Crippen molar-refractivity contribution >= 4 is 104 Å². The van der Waals surface area contributed by atoms with Gasteiger partial charge in [0.25, 0.3) is 0 Å². The first kappa shape index (κ1) is 22.4. The van der Waals surface area contributed by atoms with Crippen LogP contribution in [0.5, 0.6) is 0 Å². The molecule has 8 heteroatoms. The SMILES string of the molecule is I.O=S(=O)(O)S.[NaH].[NaH]. The van der Waals surface area contributed by atoms with Crippen molar-refractivity contribution in [3.05, 3.63) is 0 Å². The summed E-state index contributed by atoms with van der Waals surface area (Å²) >= 11 is 2.65. The van der Waals surface area contributed by atoms with E-state index in [-0.39, 0.29) is 83.1 Å². The number of hydrogen-bond donors (Lipinski definition) is 2. The molecule has 0 fully saturated rings. The van der Waals surface area contributed by atoms with E-state index >= 15 is 0 Å². The Labute approximate surface area is 115 Å². The molecular formula is H5INa2O3S2. The Morgan fingerprint density at radius 2 is 1.25 bits per heavy atom. The number of thiol groups is 1. The van der Waals surface area contributed by atoms with Crippen molar-refractivity contribution in [2.75, 3.05) is 0 Å². The molecule has 0 unspecified atom stereocenters. The monoisotopic (exact) mass is 290 g/mol. The Balaban J connectivity index is -0.0000000267. The third kappa shape index (κ3) is 64.2. The zero-order valence-corrected chi connectivity index (χ0v) is 6.57. The molecule has 0 saturated heterocycles. The molecule has 0 aromatic rings. The summed E-state index contributed by atoms with van der Waals surface area (Å²) in [5, 5.41) is 0. The fraction of sp³-hybridized carbons (Fsp3) is 0. The molecule has 0 aliphatic heterocycles. The molecule has 44 valence electrons. The summed E-state index contributed by atoms with van der Waals surface area (Å²) in [4.78, 5) is 0. The van der Waals surface area contributed by atoms with Gasteiger partial charge in [-0.1, -0.05) is 0 Å². The van der Waals surface area contributed by atoms with Gasteiger partial charge in [0.1, 0.15) is 0 Å². The topological polar surface area (TPSA) is 54.4 Å². The van der Waals surface area contributed by atoms with Crippen LogP contribution in [0.1, 0.15) is 0 Å². The van der Waals surface area contributed by atoms with Crippen molar-refractivity contribution in [3.63, 3.8) is 0 Å². The van der Waals surface area contributed by atoms with E-state index in [1.54, 1.807) is 0 Å². The van der Waals surface area contributed by atoms with Crippen LogP contribution in [0.15, 0.2) is 0 Å². The standard InChI is InChI=1S/HI.2Na.H2O3S2.2H/c;;;1-5(2,3)4;;/h1H;;;(H2,1,2,3,4);;. The summed E-state index contributed by atoms with van der Waals surface area (Å²) < 4.78 is 25.5. The van der Waals surface area contributed by atoms with Crippen molar-refractivity contribution in [2.24, 2.45) is 0 Å². The van der Waals surface area contributed by atoms with Gasteiger partial charge in [0.05, 0.1) is 0 Å². The van der Waals surface area contributed by atoms with Gasteiger partial charge in [-0.05, 0) is 11.7 Å². The Kier molecular flexibility index (Phi) is 28.0. The van der Waals surface area contributed by atoms with Crippen LogP contribution < -0.4 is 0 Å². The van der Waals surface area contributed by atoms with E-state index in [4.69, 9.17) is 13.0 Å². The van der Waals surface area contributed by atoms with E-state index in [9.17, 15) is 0 Å². The quantitative estimate of drug-likeness (QED) is 0.199. The molecule has 8 heavy (non-hydrogen) atoms. The molecule has 0 atom stereocenters. The zero-order valence-electron chi connectivity index (χ0n) is 2.53. The van der Waals surface area contributed by atoms with Crippen LogP contribution in [0.4, 0.5) is 0 Å². The van der Waals surface area contributed by atoms with E-state index in [1.165, 1.54) is 0 Å². The van der Waals surface area contributed by atoms with E-state index < -0.39 is 9.15 Å². The molecule has 0 radical (unpaired) electrons. The van der Waals surface area contributed by atoms with Gasteiger partial charge in [0.15, 0.2) is 0 Å². The Hall–Kier alpha value is 2.99. The Morgan fingerprint density at radius 1 is 1.25 bits per heavy atom. The van der Waals surface area contributed by atoms with E-state index in [2.05, 4.69) is 11.7 Å². The van der Waals surface area contributed by atoms with Crippen molar-refractivity contribution in [1.82, 2.24) is 0 Å². The number of hydrogen-bond acceptors (Lipinski definition) is 2. The van der Waals surface area contributed by atoms with Crippen molar-refractivity contribution in [3.8, 4) is 0 Å². The van der Waals surface area contributed by atoms with Crippen LogP contribution in [0, 0.1) is 0 Å². The second-order valence-corrected chi connectivity index (χ2v) is 2.73. The van der Waals surface area contributed by atoms with Crippen LogP contribution in [-0.4, -0.2) is 72.1 Å². The minimum absolute atomic E-state index is 0. The molecule has 0 aliphatic rings. The van der Waals surface area contributed by atoms with Gasteiger partial charge in [0, 0.05) is 0 Å². The molecule has 0 aliphatic carbocycles. The van der Waals surface area contributed by atoms with E-state index in [0.717, 1.165) is 0 Å². The van der Waals surface area contributed by atoms with Gasteiger partial charge < -0.3 is 0 Å². The molecule has 0 saturated carbocycles. The molecule has 3 nitrogen and oxygen atoms in total. The predicted molar refractivity (Wildman–Crippen MR) is 50.2 cm³/mol. The zero-order chi connectivity index (χ0) is 4.50.